The van der Waals surface area contributed by atoms with Crippen LogP contribution in [0.25, 0.3) is 5.82 Å². The van der Waals surface area contributed by atoms with E-state index in [4.69, 9.17) is 0 Å². The van der Waals surface area contributed by atoms with Gasteiger partial charge in [-0.2, -0.15) is 5.10 Å². The van der Waals surface area contributed by atoms with Gasteiger partial charge in [0.05, 0.1) is 5.69 Å². The third-order valence-electron chi connectivity index (χ3n) is 4.87. The smallest absolute Gasteiger partial charge is 0.314 e. The van der Waals surface area contributed by atoms with Gasteiger partial charge in [-0.05, 0) is 56.7 Å². The molecule has 1 unspecified atom stereocenters. The van der Waals surface area contributed by atoms with Crippen LogP contribution in [0, 0.1) is 5.92 Å². The lowest BCUT2D eigenvalue weighted by Gasteiger charge is -2.28. The van der Waals surface area contributed by atoms with Crippen molar-refractivity contribution < 1.29 is 9.59 Å². The molecular formula is C18H21N5O2. The summed E-state index contributed by atoms with van der Waals surface area (Å²) >= 11 is 0. The predicted molar refractivity (Wildman–Crippen MR) is 92.0 cm³/mol. The maximum Gasteiger partial charge on any atom is 0.314 e. The molecule has 2 aromatic rings. The van der Waals surface area contributed by atoms with E-state index in [2.05, 4.69) is 22.3 Å². The van der Waals surface area contributed by atoms with Crippen molar-refractivity contribution in [2.24, 2.45) is 5.92 Å². The number of carbonyl (C=O) groups excluding carboxylic acids is 2. The minimum atomic E-state index is -0.610. The fourth-order valence-corrected chi connectivity index (χ4v) is 3.21. The topological polar surface area (TPSA) is 80.1 Å². The van der Waals surface area contributed by atoms with Gasteiger partial charge in [0.25, 0.3) is 0 Å². The first-order valence-corrected chi connectivity index (χ1v) is 8.74. The molecule has 4 rings (SSSR count). The van der Waals surface area contributed by atoms with Crippen LogP contribution in [0.3, 0.4) is 0 Å². The minimum Gasteiger partial charge on any atom is -0.328 e. The molecule has 2 aromatic heterocycles. The van der Waals surface area contributed by atoms with Crippen LogP contribution in [0.15, 0.2) is 36.8 Å². The fraction of sp³-hybridized carbons (Fsp3) is 0.444. The lowest BCUT2D eigenvalue weighted by Crippen LogP contribution is -2.47. The fourth-order valence-electron chi connectivity index (χ4n) is 3.21. The molecule has 7 heteroatoms. The molecule has 0 saturated heterocycles. The zero-order valence-corrected chi connectivity index (χ0v) is 14.1. The van der Waals surface area contributed by atoms with E-state index >= 15 is 0 Å². The number of hydrogen-bond acceptors (Lipinski definition) is 4. The zero-order chi connectivity index (χ0) is 17.4. The van der Waals surface area contributed by atoms with Crippen molar-refractivity contribution in [3.05, 3.63) is 36.8 Å². The van der Waals surface area contributed by atoms with Gasteiger partial charge in [0.1, 0.15) is 0 Å². The Hall–Kier alpha value is -2.70. The van der Waals surface area contributed by atoms with Gasteiger partial charge in [-0.25, -0.2) is 9.67 Å². The van der Waals surface area contributed by atoms with E-state index in [0.29, 0.717) is 17.4 Å². The SMILES string of the molecule is CC(C1CC1)N(C(=O)C(=O)Nc1cccnc1-n1cccn1)C1CC1. The normalized spacial score (nSPS) is 17.8. The highest BCUT2D eigenvalue weighted by Gasteiger charge is 2.43. The Morgan fingerprint density at radius 3 is 2.68 bits per heavy atom. The minimum absolute atomic E-state index is 0.130. The van der Waals surface area contributed by atoms with Crippen molar-refractivity contribution >= 4 is 17.5 Å². The first-order valence-electron chi connectivity index (χ1n) is 8.74. The Kier molecular flexibility index (Phi) is 3.99. The molecule has 0 bridgehead atoms. The lowest BCUT2D eigenvalue weighted by molar-refractivity contribution is -0.145. The molecule has 2 saturated carbocycles. The molecule has 2 aliphatic carbocycles. The van der Waals surface area contributed by atoms with Gasteiger partial charge < -0.3 is 10.2 Å². The number of rotatable bonds is 5. The summed E-state index contributed by atoms with van der Waals surface area (Å²) in [6.45, 7) is 2.06. The van der Waals surface area contributed by atoms with Crippen molar-refractivity contribution in [1.82, 2.24) is 19.7 Å². The Bertz CT molecular complexity index is 781. The van der Waals surface area contributed by atoms with Gasteiger partial charge >= 0.3 is 11.8 Å². The molecule has 0 radical (unpaired) electrons. The van der Waals surface area contributed by atoms with E-state index in [1.54, 1.807) is 46.4 Å². The van der Waals surface area contributed by atoms with Crippen LogP contribution in [0.1, 0.15) is 32.6 Å². The molecule has 2 fully saturated rings. The first-order chi connectivity index (χ1) is 12.1. The Morgan fingerprint density at radius 2 is 2.04 bits per heavy atom. The van der Waals surface area contributed by atoms with Crippen LogP contribution in [-0.2, 0) is 9.59 Å². The van der Waals surface area contributed by atoms with Crippen LogP contribution in [-0.4, -0.2) is 43.6 Å². The van der Waals surface area contributed by atoms with Crippen molar-refractivity contribution in [3.63, 3.8) is 0 Å². The van der Waals surface area contributed by atoms with E-state index in [1.165, 1.54) is 0 Å². The summed E-state index contributed by atoms with van der Waals surface area (Å²) in [4.78, 5) is 31.4. The number of anilines is 1. The highest BCUT2D eigenvalue weighted by Crippen LogP contribution is 2.39. The van der Waals surface area contributed by atoms with E-state index < -0.39 is 11.8 Å². The van der Waals surface area contributed by atoms with Crippen LogP contribution in [0.4, 0.5) is 5.69 Å². The van der Waals surface area contributed by atoms with Gasteiger partial charge in [0.15, 0.2) is 5.82 Å². The molecule has 0 spiro atoms. The van der Waals surface area contributed by atoms with E-state index in [-0.39, 0.29) is 12.1 Å². The van der Waals surface area contributed by atoms with Gasteiger partial charge in [-0.3, -0.25) is 9.59 Å². The third-order valence-corrected chi connectivity index (χ3v) is 4.87. The van der Waals surface area contributed by atoms with E-state index in [9.17, 15) is 9.59 Å². The Labute approximate surface area is 146 Å². The summed E-state index contributed by atoms with van der Waals surface area (Å²) in [5.74, 6) is -0.0322. The predicted octanol–water partition coefficient (Wildman–Crippen LogP) is 2.00. The number of carbonyl (C=O) groups is 2. The van der Waals surface area contributed by atoms with Crippen LogP contribution in [0.2, 0.25) is 0 Å². The Balaban J connectivity index is 1.53. The van der Waals surface area contributed by atoms with Crippen molar-refractivity contribution in [2.75, 3.05) is 5.32 Å². The highest BCUT2D eigenvalue weighted by molar-refractivity contribution is 6.39. The average molecular weight is 339 g/mol. The average Bonchev–Trinajstić information content (AvgIpc) is 3.55. The highest BCUT2D eigenvalue weighted by atomic mass is 16.2. The Morgan fingerprint density at radius 1 is 1.24 bits per heavy atom. The van der Waals surface area contributed by atoms with Gasteiger partial charge in [-0.1, -0.05) is 0 Å². The molecule has 2 heterocycles. The second kappa shape index (κ2) is 6.31. The van der Waals surface area contributed by atoms with Gasteiger partial charge in [0, 0.05) is 30.7 Å². The molecule has 1 N–H and O–H groups in total. The van der Waals surface area contributed by atoms with Gasteiger partial charge in [0.2, 0.25) is 0 Å². The van der Waals surface area contributed by atoms with Crippen molar-refractivity contribution in [1.29, 1.82) is 0 Å². The monoisotopic (exact) mass is 339 g/mol. The zero-order valence-electron chi connectivity index (χ0n) is 14.1. The molecule has 2 amide bonds. The summed E-state index contributed by atoms with van der Waals surface area (Å²) in [6.07, 6.45) is 9.27. The number of nitrogens with zero attached hydrogens (tertiary/aromatic N) is 4. The quantitative estimate of drug-likeness (QED) is 0.845. The summed E-state index contributed by atoms with van der Waals surface area (Å²) in [7, 11) is 0. The first kappa shape index (κ1) is 15.8. The molecule has 25 heavy (non-hydrogen) atoms. The standard InChI is InChI=1S/C18H21N5O2/c1-12(13-5-6-13)23(14-7-8-14)18(25)17(24)21-15-4-2-9-19-16(15)22-11-3-10-20-22/h2-4,9-14H,5-8H2,1H3,(H,21,24). The summed E-state index contributed by atoms with van der Waals surface area (Å²) in [6, 6.07) is 5.57. The number of aromatic nitrogens is 3. The van der Waals surface area contributed by atoms with Crippen LogP contribution in [0.5, 0.6) is 0 Å². The molecular weight excluding hydrogens is 318 g/mol. The molecule has 0 aliphatic heterocycles. The van der Waals surface area contributed by atoms with E-state index in [0.717, 1.165) is 25.7 Å². The van der Waals surface area contributed by atoms with E-state index in [1.807, 2.05) is 0 Å². The van der Waals surface area contributed by atoms with Crippen LogP contribution >= 0.6 is 0 Å². The van der Waals surface area contributed by atoms with Crippen molar-refractivity contribution in [3.8, 4) is 5.82 Å². The van der Waals surface area contributed by atoms with Crippen LogP contribution < -0.4 is 5.32 Å². The number of amides is 2. The number of pyridine rings is 1. The van der Waals surface area contributed by atoms with Crippen molar-refractivity contribution in [2.45, 2.75) is 44.7 Å². The maximum atomic E-state index is 12.8. The lowest BCUT2D eigenvalue weighted by atomic mass is 10.1. The molecule has 130 valence electrons. The summed E-state index contributed by atoms with van der Waals surface area (Å²) in [5.41, 5.74) is 0.472. The number of nitrogens with one attached hydrogen (secondary N) is 1. The summed E-state index contributed by atoms with van der Waals surface area (Å²) < 4.78 is 1.56. The number of hydrogen-bond donors (Lipinski definition) is 1. The molecule has 0 aromatic carbocycles. The largest absolute Gasteiger partial charge is 0.328 e. The molecule has 1 atom stereocenters. The van der Waals surface area contributed by atoms with Gasteiger partial charge in [-0.15, -0.1) is 0 Å². The molecule has 7 nitrogen and oxygen atoms in total. The summed E-state index contributed by atoms with van der Waals surface area (Å²) in [5, 5.41) is 6.86. The second-order valence-corrected chi connectivity index (χ2v) is 6.80. The molecule has 2 aliphatic rings. The maximum absolute atomic E-state index is 12.8. The third kappa shape index (κ3) is 3.26. The second-order valence-electron chi connectivity index (χ2n) is 6.80.